The van der Waals surface area contributed by atoms with E-state index in [0.717, 1.165) is 17.0 Å². The second-order valence-corrected chi connectivity index (χ2v) is 6.19. The fourth-order valence-electron chi connectivity index (χ4n) is 2.91. The van der Waals surface area contributed by atoms with Crippen molar-refractivity contribution in [3.05, 3.63) is 35.2 Å². The van der Waals surface area contributed by atoms with Gasteiger partial charge in [-0.2, -0.15) is 0 Å². The molecule has 132 valence electrons. The Labute approximate surface area is 145 Å². The van der Waals surface area contributed by atoms with Crippen LogP contribution in [-0.4, -0.2) is 30.1 Å². The Morgan fingerprint density at radius 1 is 1.36 bits per heavy atom. The fourth-order valence-corrected chi connectivity index (χ4v) is 2.91. The molecule has 0 radical (unpaired) electrons. The zero-order valence-electron chi connectivity index (χ0n) is 14.8. The Morgan fingerprint density at radius 2 is 2.12 bits per heavy atom. The summed E-state index contributed by atoms with van der Waals surface area (Å²) in [4.78, 5) is 25.8. The number of fused-ring (bicyclic) bond motifs is 1. The average molecular weight is 343 g/mol. The van der Waals surface area contributed by atoms with E-state index in [2.05, 4.69) is 10.5 Å². The largest absolute Gasteiger partial charge is 0.479 e. The molecule has 0 aliphatic carbocycles. The number of aryl methyl sites for hydroxylation is 2. The fraction of sp³-hybridized carbons (Fsp3) is 0.389. The van der Waals surface area contributed by atoms with Gasteiger partial charge < -0.3 is 19.5 Å². The van der Waals surface area contributed by atoms with Crippen molar-refractivity contribution in [1.82, 2.24) is 5.16 Å². The van der Waals surface area contributed by atoms with Crippen LogP contribution in [0.3, 0.4) is 0 Å². The predicted molar refractivity (Wildman–Crippen MR) is 92.9 cm³/mol. The molecule has 2 heterocycles. The second kappa shape index (κ2) is 6.58. The molecule has 0 spiro atoms. The number of hydrogen-bond acceptors (Lipinski definition) is 5. The van der Waals surface area contributed by atoms with E-state index in [9.17, 15) is 9.59 Å². The molecule has 1 aliphatic heterocycles. The van der Waals surface area contributed by atoms with Crippen LogP contribution in [0.5, 0.6) is 5.75 Å². The summed E-state index contributed by atoms with van der Waals surface area (Å²) in [6, 6.07) is 5.27. The quantitative estimate of drug-likeness (QED) is 0.922. The lowest BCUT2D eigenvalue weighted by molar-refractivity contribution is -0.125. The van der Waals surface area contributed by atoms with Crippen LogP contribution in [0.15, 0.2) is 22.7 Å². The van der Waals surface area contributed by atoms with E-state index in [-0.39, 0.29) is 11.8 Å². The smallest absolute Gasteiger partial charge is 0.267 e. The molecule has 0 saturated carbocycles. The number of rotatable bonds is 4. The molecule has 0 fully saturated rings. The van der Waals surface area contributed by atoms with E-state index in [4.69, 9.17) is 9.26 Å². The van der Waals surface area contributed by atoms with Gasteiger partial charge in [-0.05, 0) is 45.4 Å². The topological polar surface area (TPSA) is 84.7 Å². The molecule has 7 heteroatoms. The van der Waals surface area contributed by atoms with Crippen LogP contribution >= 0.6 is 0 Å². The molecule has 2 aromatic rings. The van der Waals surface area contributed by atoms with Crippen LogP contribution < -0.4 is 15.0 Å². The van der Waals surface area contributed by atoms with E-state index in [1.807, 2.05) is 13.8 Å². The summed E-state index contributed by atoms with van der Waals surface area (Å²) in [6.45, 7) is 5.41. The van der Waals surface area contributed by atoms with Crippen molar-refractivity contribution in [3.63, 3.8) is 0 Å². The van der Waals surface area contributed by atoms with Crippen LogP contribution in [0.4, 0.5) is 11.4 Å². The summed E-state index contributed by atoms with van der Waals surface area (Å²) in [5.74, 6) is 1.14. The number of aromatic nitrogens is 1. The van der Waals surface area contributed by atoms with Gasteiger partial charge in [0.1, 0.15) is 11.5 Å². The molecule has 1 atom stereocenters. The number of nitrogens with zero attached hydrogens (tertiary/aromatic N) is 2. The second-order valence-electron chi connectivity index (χ2n) is 6.19. The molecule has 3 rings (SSSR count). The van der Waals surface area contributed by atoms with Gasteiger partial charge in [-0.3, -0.25) is 9.59 Å². The Hall–Kier alpha value is -2.83. The van der Waals surface area contributed by atoms with E-state index in [0.29, 0.717) is 30.0 Å². The van der Waals surface area contributed by atoms with Gasteiger partial charge in [0.15, 0.2) is 6.10 Å². The van der Waals surface area contributed by atoms with E-state index in [1.54, 1.807) is 37.1 Å². The Balaban J connectivity index is 1.67. The number of carbonyl (C=O) groups excluding carboxylic acids is 2. The molecular weight excluding hydrogens is 322 g/mol. The third kappa shape index (κ3) is 3.35. The maximum absolute atomic E-state index is 12.2. The van der Waals surface area contributed by atoms with Gasteiger partial charge in [0.05, 0.1) is 11.4 Å². The van der Waals surface area contributed by atoms with E-state index >= 15 is 0 Å². The van der Waals surface area contributed by atoms with Crippen molar-refractivity contribution in [2.45, 2.75) is 39.7 Å². The minimum absolute atomic E-state index is 0.112. The molecule has 7 nitrogen and oxygen atoms in total. The summed E-state index contributed by atoms with van der Waals surface area (Å²) in [7, 11) is 1.70. The first-order valence-electron chi connectivity index (χ1n) is 8.16. The highest BCUT2D eigenvalue weighted by Crippen LogP contribution is 2.35. The molecule has 1 unspecified atom stereocenters. The lowest BCUT2D eigenvalue weighted by Gasteiger charge is -2.30. The van der Waals surface area contributed by atoms with Crippen molar-refractivity contribution < 1.29 is 18.8 Å². The molecule has 1 aromatic carbocycles. The first kappa shape index (κ1) is 17.0. The molecule has 25 heavy (non-hydrogen) atoms. The number of anilines is 2. The Kier molecular flexibility index (Phi) is 4.48. The van der Waals surface area contributed by atoms with Crippen molar-refractivity contribution in [2.75, 3.05) is 17.3 Å². The number of likely N-dealkylation sites (N-methyl/N-ethyl adjacent to an activating group) is 1. The summed E-state index contributed by atoms with van der Waals surface area (Å²) in [6.07, 6.45) is 0.382. The van der Waals surface area contributed by atoms with Crippen LogP contribution in [0.25, 0.3) is 0 Å². The van der Waals surface area contributed by atoms with Gasteiger partial charge in [0.2, 0.25) is 5.91 Å². The van der Waals surface area contributed by atoms with Gasteiger partial charge in [-0.25, -0.2) is 0 Å². The maximum atomic E-state index is 12.2. The first-order chi connectivity index (χ1) is 11.9. The minimum Gasteiger partial charge on any atom is -0.479 e. The molecule has 0 bridgehead atoms. The Morgan fingerprint density at radius 3 is 2.80 bits per heavy atom. The SMILES string of the molecule is Cc1noc(C)c1CCC(=O)Nc1ccc2c(c1)N(C)C(=O)C(C)O2. The van der Waals surface area contributed by atoms with Crippen molar-refractivity contribution in [1.29, 1.82) is 0 Å². The molecule has 0 saturated heterocycles. The molecule has 1 N–H and O–H groups in total. The Bertz CT molecular complexity index is 808. The molecule has 1 aliphatic rings. The first-order valence-corrected chi connectivity index (χ1v) is 8.16. The summed E-state index contributed by atoms with van der Waals surface area (Å²) >= 11 is 0. The normalized spacial score (nSPS) is 16.4. The average Bonchev–Trinajstić information content (AvgIpc) is 2.90. The van der Waals surface area contributed by atoms with Gasteiger partial charge in [0, 0.05) is 24.7 Å². The van der Waals surface area contributed by atoms with Gasteiger partial charge in [-0.15, -0.1) is 0 Å². The van der Waals surface area contributed by atoms with Crippen LogP contribution in [-0.2, 0) is 16.0 Å². The van der Waals surface area contributed by atoms with Crippen LogP contribution in [0, 0.1) is 13.8 Å². The van der Waals surface area contributed by atoms with E-state index in [1.165, 1.54) is 0 Å². The number of hydrogen-bond donors (Lipinski definition) is 1. The number of carbonyl (C=O) groups is 2. The summed E-state index contributed by atoms with van der Waals surface area (Å²) in [5.41, 5.74) is 3.05. The number of amides is 2. The van der Waals surface area contributed by atoms with E-state index < -0.39 is 6.10 Å². The van der Waals surface area contributed by atoms with Gasteiger partial charge >= 0.3 is 0 Å². The molecule has 1 aromatic heterocycles. The number of benzene rings is 1. The highest BCUT2D eigenvalue weighted by molar-refractivity contribution is 6.00. The van der Waals surface area contributed by atoms with Crippen molar-refractivity contribution in [2.24, 2.45) is 0 Å². The van der Waals surface area contributed by atoms with Crippen molar-refractivity contribution >= 4 is 23.2 Å². The highest BCUT2D eigenvalue weighted by Gasteiger charge is 2.29. The van der Waals surface area contributed by atoms with Gasteiger partial charge in [-0.1, -0.05) is 5.16 Å². The lowest BCUT2D eigenvalue weighted by atomic mass is 10.1. The highest BCUT2D eigenvalue weighted by atomic mass is 16.5. The third-order valence-corrected chi connectivity index (χ3v) is 4.37. The third-order valence-electron chi connectivity index (χ3n) is 4.37. The zero-order chi connectivity index (χ0) is 18.1. The predicted octanol–water partition coefficient (Wildman–Crippen LogP) is 2.61. The zero-order valence-corrected chi connectivity index (χ0v) is 14.8. The van der Waals surface area contributed by atoms with Crippen molar-refractivity contribution in [3.8, 4) is 5.75 Å². The minimum atomic E-state index is -0.506. The summed E-state index contributed by atoms with van der Waals surface area (Å²) < 4.78 is 10.7. The molecular formula is C18H21N3O4. The summed E-state index contributed by atoms with van der Waals surface area (Å²) in [5, 5.41) is 6.75. The molecule has 2 amide bonds. The standard InChI is InChI=1S/C18H21N3O4/c1-10-14(11(2)25-20-10)6-8-17(22)19-13-5-7-16-15(9-13)21(4)18(23)12(3)24-16/h5,7,9,12H,6,8H2,1-4H3,(H,19,22). The number of nitrogens with one attached hydrogen (secondary N) is 1. The number of ether oxygens (including phenoxy) is 1. The van der Waals surface area contributed by atoms with Crippen LogP contribution in [0.1, 0.15) is 30.4 Å². The van der Waals surface area contributed by atoms with Crippen LogP contribution in [0.2, 0.25) is 0 Å². The van der Waals surface area contributed by atoms with Gasteiger partial charge in [0.25, 0.3) is 5.91 Å². The maximum Gasteiger partial charge on any atom is 0.267 e. The monoisotopic (exact) mass is 343 g/mol. The lowest BCUT2D eigenvalue weighted by Crippen LogP contribution is -2.41.